The van der Waals surface area contributed by atoms with Crippen LogP contribution in [0, 0.1) is 0 Å². The molecule has 0 bridgehead atoms. The van der Waals surface area contributed by atoms with Gasteiger partial charge in [-0.15, -0.1) is 6.58 Å². The number of para-hydroxylation sites is 2. The van der Waals surface area contributed by atoms with Crippen LogP contribution in [-0.4, -0.2) is 61.1 Å². The maximum absolute atomic E-state index is 12.7. The van der Waals surface area contributed by atoms with E-state index in [2.05, 4.69) is 11.5 Å². The Morgan fingerprint density at radius 2 is 2.09 bits per heavy atom. The number of ether oxygens (including phenoxy) is 1. The third-order valence-electron chi connectivity index (χ3n) is 4.12. The number of fused-ring (bicyclic) bond motifs is 1. The molecule has 1 unspecified atom stereocenters. The molecule has 3 rings (SSSR count). The average molecular weight is 301 g/mol. The van der Waals surface area contributed by atoms with Crippen molar-refractivity contribution in [3.8, 4) is 5.75 Å². The molecule has 116 valence electrons. The number of hydrogen-bond donors (Lipinski definition) is 0. The maximum atomic E-state index is 12.7. The number of amides is 3. The van der Waals surface area contributed by atoms with Crippen LogP contribution in [0.2, 0.25) is 0 Å². The average Bonchev–Trinajstić information content (AvgIpc) is 2.79. The Bertz CT molecular complexity index is 616. The van der Waals surface area contributed by atoms with Gasteiger partial charge in [0.25, 0.3) is 5.91 Å². The van der Waals surface area contributed by atoms with Gasteiger partial charge in [0.1, 0.15) is 11.8 Å². The van der Waals surface area contributed by atoms with E-state index in [4.69, 9.17) is 4.74 Å². The molecule has 0 radical (unpaired) electrons. The number of carbonyl (C=O) groups excluding carboxylic acids is 2. The van der Waals surface area contributed by atoms with Crippen molar-refractivity contribution in [2.45, 2.75) is 6.04 Å². The van der Waals surface area contributed by atoms with E-state index < -0.39 is 6.04 Å². The fraction of sp³-hybridized carbons (Fsp3) is 0.375. The van der Waals surface area contributed by atoms with Crippen LogP contribution in [0.3, 0.4) is 0 Å². The zero-order valence-electron chi connectivity index (χ0n) is 12.6. The molecule has 0 aliphatic carbocycles. The highest BCUT2D eigenvalue weighted by Gasteiger charge is 2.48. The Morgan fingerprint density at radius 1 is 1.32 bits per heavy atom. The van der Waals surface area contributed by atoms with Gasteiger partial charge in [-0.25, -0.2) is 9.69 Å². The summed E-state index contributed by atoms with van der Waals surface area (Å²) >= 11 is 0. The zero-order valence-corrected chi connectivity index (χ0v) is 12.6. The van der Waals surface area contributed by atoms with E-state index >= 15 is 0 Å². The molecule has 1 aromatic rings. The van der Waals surface area contributed by atoms with Crippen molar-refractivity contribution in [3.63, 3.8) is 0 Å². The van der Waals surface area contributed by atoms with Gasteiger partial charge in [0, 0.05) is 26.2 Å². The predicted molar refractivity (Wildman–Crippen MR) is 83.0 cm³/mol. The fourth-order valence-corrected chi connectivity index (χ4v) is 3.04. The molecule has 1 aromatic carbocycles. The lowest BCUT2D eigenvalue weighted by molar-refractivity contribution is -0.121. The van der Waals surface area contributed by atoms with Crippen LogP contribution in [0.15, 0.2) is 36.9 Å². The van der Waals surface area contributed by atoms with Gasteiger partial charge in [-0.3, -0.25) is 9.69 Å². The van der Waals surface area contributed by atoms with E-state index in [9.17, 15) is 9.59 Å². The lowest BCUT2D eigenvalue weighted by atomic mass is 10.2. The molecule has 3 amide bonds. The van der Waals surface area contributed by atoms with Crippen LogP contribution in [0.5, 0.6) is 5.75 Å². The quantitative estimate of drug-likeness (QED) is 0.622. The number of hydrogen-bond acceptors (Lipinski definition) is 4. The fourth-order valence-electron chi connectivity index (χ4n) is 3.04. The summed E-state index contributed by atoms with van der Waals surface area (Å²) in [6.45, 7) is 6.29. The number of benzene rings is 1. The Kier molecular flexibility index (Phi) is 3.85. The molecule has 2 saturated heterocycles. The molecule has 0 aromatic heterocycles. The summed E-state index contributed by atoms with van der Waals surface area (Å²) in [5.41, 5.74) is 0.504. The first-order valence-corrected chi connectivity index (χ1v) is 7.28. The maximum Gasteiger partial charge on any atom is 0.332 e. The lowest BCUT2D eigenvalue weighted by Crippen LogP contribution is -2.52. The van der Waals surface area contributed by atoms with Crippen LogP contribution in [-0.2, 0) is 4.79 Å². The number of imide groups is 1. The molecule has 0 spiro atoms. The molecule has 2 aliphatic rings. The Morgan fingerprint density at radius 3 is 2.82 bits per heavy atom. The van der Waals surface area contributed by atoms with Crippen LogP contribution < -0.4 is 9.64 Å². The molecular weight excluding hydrogens is 282 g/mol. The van der Waals surface area contributed by atoms with E-state index in [1.54, 1.807) is 23.1 Å². The van der Waals surface area contributed by atoms with Crippen LogP contribution >= 0.6 is 0 Å². The molecule has 2 heterocycles. The Hall–Kier alpha value is -2.34. The van der Waals surface area contributed by atoms with E-state index in [0.29, 0.717) is 24.5 Å². The second-order valence-electron chi connectivity index (χ2n) is 5.39. The standard InChI is InChI=1S/C16H19N3O3/c1-3-8-17-9-10-18-13(11-17)15(20)19(16(18)21)12-6-4-5-7-14(12)22-2/h3-7,13H,1,8-11H2,2H3. The highest BCUT2D eigenvalue weighted by Crippen LogP contribution is 2.33. The second-order valence-corrected chi connectivity index (χ2v) is 5.39. The Balaban J connectivity index is 1.90. The number of nitrogens with zero attached hydrogens (tertiary/aromatic N) is 3. The third kappa shape index (κ3) is 2.25. The number of anilines is 1. The summed E-state index contributed by atoms with van der Waals surface area (Å²) in [6, 6.07) is 6.39. The first-order valence-electron chi connectivity index (χ1n) is 7.28. The second kappa shape index (κ2) is 5.81. The summed E-state index contributed by atoms with van der Waals surface area (Å²) in [7, 11) is 1.53. The lowest BCUT2D eigenvalue weighted by Gasteiger charge is -2.34. The summed E-state index contributed by atoms with van der Waals surface area (Å²) < 4.78 is 5.28. The van der Waals surface area contributed by atoms with Crippen molar-refractivity contribution in [2.24, 2.45) is 0 Å². The number of urea groups is 1. The van der Waals surface area contributed by atoms with Gasteiger partial charge in [0.15, 0.2) is 0 Å². The summed E-state index contributed by atoms with van der Waals surface area (Å²) in [6.07, 6.45) is 1.81. The normalized spacial score (nSPS) is 22.0. The smallest absolute Gasteiger partial charge is 0.332 e. The monoisotopic (exact) mass is 301 g/mol. The van der Waals surface area contributed by atoms with Crippen molar-refractivity contribution in [3.05, 3.63) is 36.9 Å². The van der Waals surface area contributed by atoms with Gasteiger partial charge in [0.2, 0.25) is 0 Å². The number of methoxy groups -OCH3 is 1. The van der Waals surface area contributed by atoms with Crippen LogP contribution in [0.4, 0.5) is 10.5 Å². The van der Waals surface area contributed by atoms with Crippen molar-refractivity contribution >= 4 is 17.6 Å². The number of piperazine rings is 1. The molecule has 0 N–H and O–H groups in total. The number of carbonyl (C=O) groups is 2. The summed E-state index contributed by atoms with van der Waals surface area (Å²) in [5.74, 6) is 0.329. The summed E-state index contributed by atoms with van der Waals surface area (Å²) in [4.78, 5) is 30.4. The highest BCUT2D eigenvalue weighted by molar-refractivity contribution is 6.22. The number of rotatable bonds is 4. The van der Waals surface area contributed by atoms with Crippen molar-refractivity contribution in [1.82, 2.24) is 9.80 Å². The highest BCUT2D eigenvalue weighted by atomic mass is 16.5. The van der Waals surface area contributed by atoms with Gasteiger partial charge < -0.3 is 9.64 Å². The predicted octanol–water partition coefficient (Wildman–Crippen LogP) is 1.33. The van der Waals surface area contributed by atoms with Gasteiger partial charge in [-0.1, -0.05) is 18.2 Å². The molecule has 1 atom stereocenters. The van der Waals surface area contributed by atoms with E-state index in [-0.39, 0.29) is 11.9 Å². The minimum atomic E-state index is -0.425. The van der Waals surface area contributed by atoms with Crippen LogP contribution in [0.1, 0.15) is 0 Å². The van der Waals surface area contributed by atoms with Gasteiger partial charge >= 0.3 is 6.03 Å². The third-order valence-corrected chi connectivity index (χ3v) is 4.12. The minimum absolute atomic E-state index is 0.191. The van der Waals surface area contributed by atoms with E-state index in [1.165, 1.54) is 12.0 Å². The topological polar surface area (TPSA) is 53.1 Å². The van der Waals surface area contributed by atoms with Crippen molar-refractivity contribution in [1.29, 1.82) is 0 Å². The van der Waals surface area contributed by atoms with E-state index in [1.807, 2.05) is 12.1 Å². The van der Waals surface area contributed by atoms with Crippen LogP contribution in [0.25, 0.3) is 0 Å². The van der Waals surface area contributed by atoms with Gasteiger partial charge in [0.05, 0.1) is 12.8 Å². The van der Waals surface area contributed by atoms with Gasteiger partial charge in [-0.2, -0.15) is 0 Å². The first-order chi connectivity index (χ1) is 10.7. The SMILES string of the molecule is C=CCN1CCN2C(=O)N(c3ccccc3OC)C(=O)C2C1. The molecule has 6 heteroatoms. The largest absolute Gasteiger partial charge is 0.495 e. The van der Waals surface area contributed by atoms with Gasteiger partial charge in [-0.05, 0) is 12.1 Å². The minimum Gasteiger partial charge on any atom is -0.495 e. The Labute approximate surface area is 129 Å². The zero-order chi connectivity index (χ0) is 15.7. The van der Waals surface area contributed by atoms with E-state index in [0.717, 1.165) is 13.1 Å². The molecule has 2 fully saturated rings. The van der Waals surface area contributed by atoms with Crippen molar-refractivity contribution < 1.29 is 14.3 Å². The molecule has 22 heavy (non-hydrogen) atoms. The molecule has 2 aliphatic heterocycles. The molecular formula is C16H19N3O3. The first kappa shape index (κ1) is 14.6. The molecule has 6 nitrogen and oxygen atoms in total. The summed E-state index contributed by atoms with van der Waals surface area (Å²) in [5, 5.41) is 0. The molecule has 0 saturated carbocycles. The van der Waals surface area contributed by atoms with Crippen molar-refractivity contribution in [2.75, 3.05) is 38.2 Å².